The van der Waals surface area contributed by atoms with Crippen LogP contribution in [0.25, 0.3) is 22.6 Å². The van der Waals surface area contributed by atoms with Crippen LogP contribution >= 0.6 is 0 Å². The Morgan fingerprint density at radius 3 is 2.50 bits per heavy atom. The molecule has 0 spiro atoms. The Morgan fingerprint density at radius 1 is 0.844 bits per heavy atom. The predicted octanol–water partition coefficient (Wildman–Crippen LogP) is 6.64. The molecule has 0 N–H and O–H groups in total. The number of aromatic nitrogens is 2. The minimum Gasteiger partial charge on any atom is -0.464 e. The van der Waals surface area contributed by atoms with Gasteiger partial charge in [0.15, 0.2) is 0 Å². The molecule has 1 saturated heterocycles. The van der Waals surface area contributed by atoms with Crippen molar-refractivity contribution in [3.05, 3.63) is 91.1 Å². The molecule has 162 valence electrons. The van der Waals surface area contributed by atoms with E-state index in [1.807, 2.05) is 30.7 Å². The Balaban J connectivity index is 1.28. The second kappa shape index (κ2) is 9.82. The molecule has 3 aromatic heterocycles. The van der Waals surface area contributed by atoms with E-state index in [9.17, 15) is 0 Å². The number of aryl methyl sites for hydroxylation is 1. The maximum atomic E-state index is 5.53. The summed E-state index contributed by atoms with van der Waals surface area (Å²) in [7, 11) is 0. The molecule has 1 aromatic carbocycles. The predicted molar refractivity (Wildman–Crippen MR) is 129 cm³/mol. The van der Waals surface area contributed by atoms with Gasteiger partial charge in [-0.1, -0.05) is 24.3 Å². The Morgan fingerprint density at radius 2 is 1.69 bits per heavy atom. The largest absolute Gasteiger partial charge is 0.464 e. The Hall–Kier alpha value is -3.40. The third kappa shape index (κ3) is 4.75. The van der Waals surface area contributed by atoms with E-state index in [0.29, 0.717) is 0 Å². The minimum absolute atomic E-state index is 0.779. The van der Waals surface area contributed by atoms with Crippen molar-refractivity contribution < 1.29 is 4.42 Å². The zero-order valence-corrected chi connectivity index (χ0v) is 18.4. The van der Waals surface area contributed by atoms with E-state index in [0.717, 1.165) is 48.0 Å². The lowest BCUT2D eigenvalue weighted by molar-refractivity contribution is 0.440. The summed E-state index contributed by atoms with van der Waals surface area (Å²) in [5.41, 5.74) is 5.94. The number of rotatable bonds is 6. The van der Waals surface area contributed by atoms with Gasteiger partial charge in [0.25, 0.3) is 0 Å². The average molecular weight is 424 g/mol. The molecule has 4 heterocycles. The lowest BCUT2D eigenvalue weighted by Gasteiger charge is -2.25. The molecule has 0 amide bonds. The summed E-state index contributed by atoms with van der Waals surface area (Å²) in [4.78, 5) is 11.4. The molecule has 5 rings (SSSR count). The highest BCUT2D eigenvalue weighted by Gasteiger charge is 2.20. The third-order valence-corrected chi connectivity index (χ3v) is 6.53. The number of hydrogen-bond acceptors (Lipinski definition) is 4. The summed E-state index contributed by atoms with van der Waals surface area (Å²) in [6.45, 7) is 2.18. The topological polar surface area (TPSA) is 42.2 Å². The summed E-state index contributed by atoms with van der Waals surface area (Å²) in [6.07, 6.45) is 13.6. The maximum Gasteiger partial charge on any atom is 0.133 e. The van der Waals surface area contributed by atoms with Crippen LogP contribution in [-0.4, -0.2) is 23.1 Å². The quantitative estimate of drug-likeness (QED) is 0.348. The van der Waals surface area contributed by atoms with Gasteiger partial charge >= 0.3 is 0 Å². The van der Waals surface area contributed by atoms with E-state index in [2.05, 4.69) is 58.4 Å². The van der Waals surface area contributed by atoms with E-state index in [-0.39, 0.29) is 0 Å². The van der Waals surface area contributed by atoms with Gasteiger partial charge in [0.2, 0.25) is 0 Å². The summed E-state index contributed by atoms with van der Waals surface area (Å²) >= 11 is 0. The molecule has 4 aromatic rings. The normalized spacial score (nSPS) is 16.6. The molecule has 1 aliphatic rings. The van der Waals surface area contributed by atoms with Crippen LogP contribution in [0.5, 0.6) is 0 Å². The van der Waals surface area contributed by atoms with Crippen molar-refractivity contribution in [1.29, 1.82) is 0 Å². The van der Waals surface area contributed by atoms with Crippen molar-refractivity contribution in [3.63, 3.8) is 0 Å². The molecular formula is C28H29N3O. The number of pyridine rings is 2. The first-order chi connectivity index (χ1) is 15.9. The summed E-state index contributed by atoms with van der Waals surface area (Å²) in [5.74, 6) is 1.67. The Bertz CT molecular complexity index is 1110. The first kappa shape index (κ1) is 20.5. The van der Waals surface area contributed by atoms with E-state index in [4.69, 9.17) is 9.40 Å². The monoisotopic (exact) mass is 423 g/mol. The number of hydrogen-bond donors (Lipinski definition) is 0. The van der Waals surface area contributed by atoms with Crippen LogP contribution in [0.1, 0.15) is 31.2 Å². The summed E-state index contributed by atoms with van der Waals surface area (Å²) in [6, 6.07) is 21.0. The van der Waals surface area contributed by atoms with Crippen molar-refractivity contribution in [2.75, 3.05) is 18.0 Å². The van der Waals surface area contributed by atoms with Crippen LogP contribution in [0.2, 0.25) is 0 Å². The SMILES string of the molecule is c1coc(-c2ccc(-c3ncccc3N3CCCC(CCc4ccncc4)CC3)cc2)c1. The number of anilines is 1. The maximum absolute atomic E-state index is 5.53. The fraction of sp³-hybridized carbons (Fsp3) is 0.286. The molecule has 4 heteroatoms. The molecule has 1 fully saturated rings. The van der Waals surface area contributed by atoms with Gasteiger partial charge in [0, 0.05) is 42.8 Å². The Labute approximate surface area is 190 Å². The first-order valence-corrected chi connectivity index (χ1v) is 11.6. The second-order valence-corrected chi connectivity index (χ2v) is 8.60. The van der Waals surface area contributed by atoms with Gasteiger partial charge < -0.3 is 9.32 Å². The van der Waals surface area contributed by atoms with E-state index in [1.54, 1.807) is 6.26 Å². The lowest BCUT2D eigenvalue weighted by atomic mass is 9.93. The van der Waals surface area contributed by atoms with Gasteiger partial charge in [0.05, 0.1) is 17.6 Å². The van der Waals surface area contributed by atoms with Gasteiger partial charge in [-0.25, -0.2) is 0 Å². The summed E-state index contributed by atoms with van der Waals surface area (Å²) < 4.78 is 5.53. The fourth-order valence-corrected chi connectivity index (χ4v) is 4.72. The third-order valence-electron chi connectivity index (χ3n) is 6.53. The molecule has 1 unspecified atom stereocenters. The van der Waals surface area contributed by atoms with E-state index < -0.39 is 0 Å². The van der Waals surface area contributed by atoms with Gasteiger partial charge in [-0.05, 0) is 80.0 Å². The molecule has 0 bridgehead atoms. The van der Waals surface area contributed by atoms with Crippen molar-refractivity contribution in [3.8, 4) is 22.6 Å². The van der Waals surface area contributed by atoms with Gasteiger partial charge in [-0.2, -0.15) is 0 Å². The van der Waals surface area contributed by atoms with Crippen LogP contribution in [-0.2, 0) is 6.42 Å². The molecule has 0 radical (unpaired) electrons. The van der Waals surface area contributed by atoms with Gasteiger partial charge in [-0.15, -0.1) is 0 Å². The van der Waals surface area contributed by atoms with Crippen LogP contribution in [0.4, 0.5) is 5.69 Å². The van der Waals surface area contributed by atoms with Crippen LogP contribution in [0, 0.1) is 5.92 Å². The lowest BCUT2D eigenvalue weighted by Crippen LogP contribution is -2.25. The standard InChI is InChI=1S/C28H29N3O/c1-5-26(28(30-16-1)25-11-9-24(10-12-25)27-6-3-21-32-27)31-19-2-4-22(15-20-31)7-8-23-13-17-29-18-14-23/h1,3,5-6,9-14,16-18,21-22H,2,4,7-8,15,19-20H2. The van der Waals surface area contributed by atoms with Crippen LogP contribution in [0.3, 0.4) is 0 Å². The van der Waals surface area contributed by atoms with Crippen molar-refractivity contribution in [1.82, 2.24) is 9.97 Å². The van der Waals surface area contributed by atoms with Crippen LogP contribution < -0.4 is 4.90 Å². The first-order valence-electron chi connectivity index (χ1n) is 11.6. The van der Waals surface area contributed by atoms with Gasteiger partial charge in [0.1, 0.15) is 5.76 Å². The van der Waals surface area contributed by atoms with Crippen molar-refractivity contribution >= 4 is 5.69 Å². The minimum atomic E-state index is 0.779. The average Bonchev–Trinajstić information content (AvgIpc) is 3.30. The number of nitrogens with zero attached hydrogens (tertiary/aromatic N) is 3. The highest BCUT2D eigenvalue weighted by Crippen LogP contribution is 2.33. The smallest absolute Gasteiger partial charge is 0.133 e. The molecular weight excluding hydrogens is 394 g/mol. The fourth-order valence-electron chi connectivity index (χ4n) is 4.72. The number of benzene rings is 1. The molecule has 32 heavy (non-hydrogen) atoms. The Kier molecular flexibility index (Phi) is 6.29. The molecule has 1 aliphatic heterocycles. The van der Waals surface area contributed by atoms with Crippen molar-refractivity contribution in [2.24, 2.45) is 5.92 Å². The molecule has 4 nitrogen and oxygen atoms in total. The number of furan rings is 1. The molecule has 1 atom stereocenters. The van der Waals surface area contributed by atoms with Crippen molar-refractivity contribution in [2.45, 2.75) is 32.1 Å². The van der Waals surface area contributed by atoms with Crippen LogP contribution in [0.15, 0.2) is 89.9 Å². The molecule has 0 saturated carbocycles. The zero-order valence-electron chi connectivity index (χ0n) is 18.4. The zero-order chi connectivity index (χ0) is 21.6. The van der Waals surface area contributed by atoms with E-state index >= 15 is 0 Å². The summed E-state index contributed by atoms with van der Waals surface area (Å²) in [5, 5.41) is 0. The second-order valence-electron chi connectivity index (χ2n) is 8.60. The highest BCUT2D eigenvalue weighted by atomic mass is 16.3. The highest BCUT2D eigenvalue weighted by molar-refractivity contribution is 5.76. The van der Waals surface area contributed by atoms with E-state index in [1.165, 1.54) is 36.9 Å². The molecule has 0 aliphatic carbocycles. The van der Waals surface area contributed by atoms with Gasteiger partial charge in [-0.3, -0.25) is 9.97 Å².